The van der Waals surface area contributed by atoms with Gasteiger partial charge >= 0.3 is 6.18 Å². The van der Waals surface area contributed by atoms with Crippen molar-refractivity contribution in [1.82, 2.24) is 19.9 Å². The molecule has 0 saturated carbocycles. The van der Waals surface area contributed by atoms with Crippen molar-refractivity contribution < 1.29 is 13.2 Å². The first-order chi connectivity index (χ1) is 13.9. The van der Waals surface area contributed by atoms with E-state index in [2.05, 4.69) is 27.4 Å². The van der Waals surface area contributed by atoms with E-state index >= 15 is 0 Å². The Kier molecular flexibility index (Phi) is 4.26. The fraction of sp³-hybridized carbons (Fsp3) is 0.238. The van der Waals surface area contributed by atoms with Crippen LogP contribution in [0.5, 0.6) is 0 Å². The minimum atomic E-state index is -4.39. The molecule has 0 unspecified atom stereocenters. The van der Waals surface area contributed by atoms with Crippen LogP contribution in [0.15, 0.2) is 42.7 Å². The summed E-state index contributed by atoms with van der Waals surface area (Å²) >= 11 is 6.15. The lowest BCUT2D eigenvalue weighted by Gasteiger charge is -2.18. The predicted octanol–water partition coefficient (Wildman–Crippen LogP) is 5.11. The second-order valence-electron chi connectivity index (χ2n) is 7.21. The van der Waals surface area contributed by atoms with Gasteiger partial charge in [-0.25, -0.2) is 9.97 Å². The molecule has 0 aliphatic carbocycles. The standard InChI is InChI=1S/C21H16ClF3N4/c22-20-19-18(27-11-28-20)16-8-13(3-4-17(16)29(19)10-21(23,24)25)12-1-2-15-9-26-6-5-14(15)7-12/h1-4,7-8,11,26H,5-6,9-10H2. The van der Waals surface area contributed by atoms with Crippen molar-refractivity contribution in [3.8, 4) is 11.1 Å². The van der Waals surface area contributed by atoms with Crippen LogP contribution in [-0.4, -0.2) is 27.3 Å². The zero-order valence-corrected chi connectivity index (χ0v) is 16.0. The number of hydrogen-bond donors (Lipinski definition) is 1. The summed E-state index contributed by atoms with van der Waals surface area (Å²) in [4.78, 5) is 8.12. The van der Waals surface area contributed by atoms with Gasteiger partial charge < -0.3 is 9.88 Å². The van der Waals surface area contributed by atoms with Crippen LogP contribution in [-0.2, 0) is 19.5 Å². The van der Waals surface area contributed by atoms with Crippen molar-refractivity contribution in [2.24, 2.45) is 0 Å². The molecule has 4 aromatic rings. The summed E-state index contributed by atoms with van der Waals surface area (Å²) < 4.78 is 40.8. The number of nitrogens with one attached hydrogen (secondary N) is 1. The minimum Gasteiger partial charge on any atom is -0.327 e. The highest BCUT2D eigenvalue weighted by Gasteiger charge is 2.30. The Balaban J connectivity index is 1.71. The van der Waals surface area contributed by atoms with Gasteiger partial charge in [-0.05, 0) is 47.4 Å². The molecule has 8 heteroatoms. The maximum atomic E-state index is 13.2. The minimum absolute atomic E-state index is 0.0123. The molecule has 2 aromatic heterocycles. The van der Waals surface area contributed by atoms with Gasteiger partial charge in [0.25, 0.3) is 0 Å². The molecule has 1 aliphatic heterocycles. The highest BCUT2D eigenvalue weighted by Crippen LogP contribution is 2.36. The summed E-state index contributed by atoms with van der Waals surface area (Å²) in [6, 6.07) is 11.7. The van der Waals surface area contributed by atoms with E-state index in [0.29, 0.717) is 16.4 Å². The van der Waals surface area contributed by atoms with Gasteiger partial charge in [-0.1, -0.05) is 35.9 Å². The Morgan fingerprint density at radius 3 is 2.66 bits per heavy atom. The van der Waals surface area contributed by atoms with Crippen molar-refractivity contribution in [2.75, 3.05) is 6.54 Å². The number of fused-ring (bicyclic) bond motifs is 4. The maximum absolute atomic E-state index is 13.2. The molecule has 0 bridgehead atoms. The fourth-order valence-corrected chi connectivity index (χ4v) is 4.29. The van der Waals surface area contributed by atoms with E-state index in [1.54, 1.807) is 6.07 Å². The molecule has 1 N–H and O–H groups in total. The molecule has 0 fully saturated rings. The molecule has 0 spiro atoms. The normalized spacial score (nSPS) is 14.5. The number of rotatable bonds is 2. The lowest BCUT2D eigenvalue weighted by molar-refractivity contribution is -0.139. The Hall–Kier alpha value is -2.64. The largest absolute Gasteiger partial charge is 0.406 e. The molecule has 5 rings (SSSR count). The first-order valence-electron chi connectivity index (χ1n) is 9.23. The van der Waals surface area contributed by atoms with Crippen LogP contribution in [0.1, 0.15) is 11.1 Å². The van der Waals surface area contributed by atoms with Gasteiger partial charge in [-0.3, -0.25) is 0 Å². The zero-order valence-electron chi connectivity index (χ0n) is 15.2. The number of alkyl halides is 3. The summed E-state index contributed by atoms with van der Waals surface area (Å²) in [5.41, 5.74) is 5.60. The Morgan fingerprint density at radius 2 is 1.83 bits per heavy atom. The van der Waals surface area contributed by atoms with Crippen LogP contribution in [0.2, 0.25) is 5.15 Å². The number of halogens is 4. The third-order valence-corrected chi connectivity index (χ3v) is 5.63. The van der Waals surface area contributed by atoms with E-state index in [4.69, 9.17) is 11.6 Å². The lowest BCUT2D eigenvalue weighted by Crippen LogP contribution is -2.23. The second-order valence-corrected chi connectivity index (χ2v) is 7.56. The topological polar surface area (TPSA) is 42.7 Å². The van der Waals surface area contributed by atoms with Gasteiger partial charge in [0.15, 0.2) is 5.15 Å². The van der Waals surface area contributed by atoms with Crippen LogP contribution in [0.3, 0.4) is 0 Å². The third kappa shape index (κ3) is 3.24. The smallest absolute Gasteiger partial charge is 0.327 e. The Labute approximate surface area is 169 Å². The third-order valence-electron chi connectivity index (χ3n) is 5.35. The number of hydrogen-bond acceptors (Lipinski definition) is 3. The van der Waals surface area contributed by atoms with E-state index in [9.17, 15) is 13.2 Å². The second kappa shape index (κ2) is 6.71. The lowest BCUT2D eigenvalue weighted by atomic mass is 9.95. The Morgan fingerprint density at radius 1 is 1.03 bits per heavy atom. The molecule has 0 amide bonds. The van der Waals surface area contributed by atoms with Crippen molar-refractivity contribution in [2.45, 2.75) is 25.7 Å². The molecule has 29 heavy (non-hydrogen) atoms. The maximum Gasteiger partial charge on any atom is 0.406 e. The summed E-state index contributed by atoms with van der Waals surface area (Å²) in [7, 11) is 0. The van der Waals surface area contributed by atoms with Gasteiger partial charge in [0.1, 0.15) is 23.9 Å². The number of aromatic nitrogens is 3. The molecule has 0 radical (unpaired) electrons. The van der Waals surface area contributed by atoms with Crippen LogP contribution < -0.4 is 5.32 Å². The van der Waals surface area contributed by atoms with Gasteiger partial charge in [-0.15, -0.1) is 0 Å². The molecule has 4 nitrogen and oxygen atoms in total. The van der Waals surface area contributed by atoms with E-state index in [1.807, 2.05) is 18.2 Å². The predicted molar refractivity (Wildman–Crippen MR) is 107 cm³/mol. The quantitative estimate of drug-likeness (QED) is 0.461. The van der Waals surface area contributed by atoms with Crippen molar-refractivity contribution in [1.29, 1.82) is 0 Å². The van der Waals surface area contributed by atoms with Gasteiger partial charge in [-0.2, -0.15) is 13.2 Å². The number of nitrogens with zero attached hydrogens (tertiary/aromatic N) is 3. The zero-order chi connectivity index (χ0) is 20.2. The summed E-state index contributed by atoms with van der Waals surface area (Å²) in [6.45, 7) is 0.649. The first-order valence-corrected chi connectivity index (χ1v) is 9.60. The van der Waals surface area contributed by atoms with Crippen molar-refractivity contribution >= 4 is 33.5 Å². The Bertz CT molecular complexity index is 1250. The fourth-order valence-electron chi connectivity index (χ4n) is 4.05. The van der Waals surface area contributed by atoms with Gasteiger partial charge in [0.05, 0.1) is 5.52 Å². The highest BCUT2D eigenvalue weighted by molar-refractivity contribution is 6.34. The van der Waals surface area contributed by atoms with Crippen LogP contribution in [0.25, 0.3) is 33.1 Å². The van der Waals surface area contributed by atoms with E-state index in [-0.39, 0.29) is 10.7 Å². The molecule has 1 aliphatic rings. The van der Waals surface area contributed by atoms with E-state index in [1.165, 1.54) is 17.5 Å². The molecule has 148 valence electrons. The highest BCUT2D eigenvalue weighted by atomic mass is 35.5. The summed E-state index contributed by atoms with van der Waals surface area (Å²) in [5.74, 6) is 0. The van der Waals surface area contributed by atoms with Crippen molar-refractivity contribution in [3.05, 3.63) is 59.0 Å². The van der Waals surface area contributed by atoms with Gasteiger partial charge in [0, 0.05) is 11.9 Å². The van der Waals surface area contributed by atoms with Crippen LogP contribution in [0.4, 0.5) is 13.2 Å². The van der Waals surface area contributed by atoms with Crippen LogP contribution >= 0.6 is 11.6 Å². The first kappa shape index (κ1) is 18.4. The molecule has 0 saturated heterocycles. The average molecular weight is 417 g/mol. The van der Waals surface area contributed by atoms with Crippen molar-refractivity contribution in [3.63, 3.8) is 0 Å². The number of benzene rings is 2. The van der Waals surface area contributed by atoms with Gasteiger partial charge in [0.2, 0.25) is 0 Å². The molecule has 2 aromatic carbocycles. The van der Waals surface area contributed by atoms with E-state index in [0.717, 1.165) is 35.2 Å². The molecular weight excluding hydrogens is 401 g/mol. The van der Waals surface area contributed by atoms with E-state index < -0.39 is 12.7 Å². The molecule has 0 atom stereocenters. The summed E-state index contributed by atoms with van der Waals surface area (Å²) in [5, 5.41) is 3.99. The monoisotopic (exact) mass is 416 g/mol. The summed E-state index contributed by atoms with van der Waals surface area (Å²) in [6.07, 6.45) is -2.15. The molecular formula is C21H16ClF3N4. The van der Waals surface area contributed by atoms with Crippen LogP contribution in [0, 0.1) is 0 Å². The molecule has 3 heterocycles. The SMILES string of the molecule is FC(F)(F)Cn1c2ccc(-c3ccc4c(c3)CCNC4)cc2c2ncnc(Cl)c21. The average Bonchev–Trinajstić information content (AvgIpc) is 3.00.